The van der Waals surface area contributed by atoms with Crippen LogP contribution in [-0.4, -0.2) is 60.4 Å². The molecule has 1 atom stereocenters. The third kappa shape index (κ3) is 2.86. The van der Waals surface area contributed by atoms with Crippen LogP contribution in [0.4, 0.5) is 11.5 Å². The van der Waals surface area contributed by atoms with Crippen LogP contribution in [0.3, 0.4) is 0 Å². The molecular weight excluding hydrogens is 267 g/mol. The van der Waals surface area contributed by atoms with Gasteiger partial charge in [0.1, 0.15) is 0 Å². The third-order valence-electron chi connectivity index (χ3n) is 2.53. The molecule has 0 radical (unpaired) electrons. The van der Waals surface area contributed by atoms with Crippen molar-refractivity contribution in [2.75, 3.05) is 43.6 Å². The zero-order chi connectivity index (χ0) is 11.4. The van der Waals surface area contributed by atoms with E-state index in [2.05, 4.69) is 20.4 Å². The number of hydrogen-bond acceptors (Lipinski definition) is 5. The van der Waals surface area contributed by atoms with Crippen molar-refractivity contribution in [2.45, 2.75) is 4.71 Å². The van der Waals surface area contributed by atoms with Gasteiger partial charge in [-0.05, 0) is 0 Å². The van der Waals surface area contributed by atoms with Gasteiger partial charge in [0.05, 0.1) is 0 Å². The second-order valence-electron chi connectivity index (χ2n) is 3.88. The van der Waals surface area contributed by atoms with Crippen molar-refractivity contribution in [2.24, 2.45) is 0 Å². The monoisotopic (exact) mass is 284 g/mol. The van der Waals surface area contributed by atoms with E-state index in [0.717, 1.165) is 35.8 Å². The van der Waals surface area contributed by atoms with Gasteiger partial charge < -0.3 is 0 Å². The molecule has 5 nitrogen and oxygen atoms in total. The van der Waals surface area contributed by atoms with Gasteiger partial charge in [-0.2, -0.15) is 0 Å². The minimum absolute atomic E-state index is 0.676. The molecule has 16 heavy (non-hydrogen) atoms. The Bertz CT molecular complexity index is 343. The van der Waals surface area contributed by atoms with Crippen molar-refractivity contribution in [1.82, 2.24) is 10.2 Å². The molecule has 2 rings (SSSR count). The molecule has 1 fully saturated rings. The van der Waals surface area contributed by atoms with Gasteiger partial charge in [0.2, 0.25) is 0 Å². The van der Waals surface area contributed by atoms with Crippen LogP contribution in [0.15, 0.2) is 12.3 Å². The Kier molecular flexibility index (Phi) is 4.02. The van der Waals surface area contributed by atoms with Gasteiger partial charge in [-0.3, -0.25) is 0 Å². The van der Waals surface area contributed by atoms with Crippen LogP contribution in [-0.2, 0) is 4.74 Å². The molecule has 0 amide bonds. The zero-order valence-electron chi connectivity index (χ0n) is 9.39. The summed E-state index contributed by atoms with van der Waals surface area (Å²) in [6.07, 6.45) is 1.82. The second kappa shape index (κ2) is 5.50. The number of nitrogens with one attached hydrogen (secondary N) is 1. The molecule has 1 aliphatic rings. The van der Waals surface area contributed by atoms with E-state index in [1.807, 2.05) is 29.1 Å². The van der Waals surface area contributed by atoms with Gasteiger partial charge in [-0.25, -0.2) is 0 Å². The molecule has 0 aliphatic carbocycles. The maximum atomic E-state index is 4.97. The van der Waals surface area contributed by atoms with Crippen LogP contribution >= 0.6 is 0 Å². The summed E-state index contributed by atoms with van der Waals surface area (Å²) in [6, 6.07) is 2.04. The number of nitrogens with zero attached hydrogens (tertiary/aromatic N) is 3. The Morgan fingerprint density at radius 2 is 2.44 bits per heavy atom. The Balaban J connectivity index is 1.91. The predicted molar refractivity (Wildman–Crippen MR) is 66.9 cm³/mol. The predicted octanol–water partition coefficient (Wildman–Crippen LogP) is -0.224. The molecule has 0 aromatic carbocycles. The summed E-state index contributed by atoms with van der Waals surface area (Å²) in [7, 11) is 1.69. The van der Waals surface area contributed by atoms with Gasteiger partial charge in [-0.15, -0.1) is 0 Å². The summed E-state index contributed by atoms with van der Waals surface area (Å²) in [5.74, 6) is 0.819. The molecule has 1 unspecified atom stereocenters. The molecule has 88 valence electrons. The molecule has 1 N–H and O–H groups in total. The van der Waals surface area contributed by atoms with Crippen molar-refractivity contribution >= 4 is 28.4 Å². The van der Waals surface area contributed by atoms with Crippen molar-refractivity contribution in [3.8, 4) is 0 Å². The molecule has 6 heteroatoms. The van der Waals surface area contributed by atoms with Crippen molar-refractivity contribution in [3.05, 3.63) is 12.3 Å². The molecule has 1 aromatic heterocycles. The van der Waals surface area contributed by atoms with Crippen LogP contribution in [0.2, 0.25) is 4.71 Å². The standard InChI is InChI=1S/C10H17AsN4O/c1-16-3-2-12-10-4-9(5-13-14-10)15-6-8(11)7-15/h4-5,8H,2-3,6-7,11H2,1H3,(H,12,14). The normalized spacial score (nSPS) is 16.0. The van der Waals surface area contributed by atoms with E-state index in [1.54, 1.807) is 7.11 Å². The van der Waals surface area contributed by atoms with E-state index in [4.69, 9.17) is 4.74 Å². The van der Waals surface area contributed by atoms with Crippen LogP contribution in [0.5, 0.6) is 0 Å². The first-order chi connectivity index (χ1) is 7.79. The van der Waals surface area contributed by atoms with Crippen molar-refractivity contribution in [3.63, 3.8) is 0 Å². The molecule has 1 saturated heterocycles. The van der Waals surface area contributed by atoms with Crippen LogP contribution in [0, 0.1) is 0 Å². The van der Waals surface area contributed by atoms with E-state index in [0.29, 0.717) is 6.61 Å². The van der Waals surface area contributed by atoms with Gasteiger partial charge in [0, 0.05) is 0 Å². The topological polar surface area (TPSA) is 50.3 Å². The molecule has 2 heterocycles. The average Bonchev–Trinajstić information content (AvgIpc) is 2.26. The minimum atomic E-state index is 0.676. The van der Waals surface area contributed by atoms with Gasteiger partial charge in [-0.1, -0.05) is 0 Å². The Morgan fingerprint density at radius 3 is 3.12 bits per heavy atom. The molecular formula is C10H17AsN4O. The van der Waals surface area contributed by atoms with Crippen LogP contribution < -0.4 is 10.2 Å². The molecule has 0 spiro atoms. The summed E-state index contributed by atoms with van der Waals surface area (Å²) >= 11 is 1.82. The van der Waals surface area contributed by atoms with Crippen molar-refractivity contribution < 1.29 is 4.74 Å². The number of aromatic nitrogens is 2. The van der Waals surface area contributed by atoms with Gasteiger partial charge >= 0.3 is 104 Å². The summed E-state index contributed by atoms with van der Waals surface area (Å²) < 4.78 is 5.82. The third-order valence-corrected chi connectivity index (χ3v) is 3.41. The number of methoxy groups -OCH3 is 1. The van der Waals surface area contributed by atoms with Gasteiger partial charge in [0.15, 0.2) is 0 Å². The van der Waals surface area contributed by atoms with Crippen molar-refractivity contribution in [1.29, 1.82) is 0 Å². The number of hydrogen-bond donors (Lipinski definition) is 1. The summed E-state index contributed by atoms with van der Waals surface area (Å²) in [4.78, 5) is 2.32. The zero-order valence-corrected chi connectivity index (χ0v) is 11.8. The number of anilines is 2. The Labute approximate surface area is 104 Å². The number of rotatable bonds is 5. The van der Waals surface area contributed by atoms with Gasteiger partial charge in [0.25, 0.3) is 0 Å². The fraction of sp³-hybridized carbons (Fsp3) is 0.600. The Hall–Kier alpha value is -0.802. The molecule has 1 aliphatic heterocycles. The van der Waals surface area contributed by atoms with E-state index >= 15 is 0 Å². The summed E-state index contributed by atoms with van der Waals surface area (Å²) in [6.45, 7) is 3.72. The SMILES string of the molecule is COCCNc1cc(N2CC([AsH2])C2)cnn1. The van der Waals surface area contributed by atoms with E-state index in [9.17, 15) is 0 Å². The van der Waals surface area contributed by atoms with Crippen LogP contribution in [0.25, 0.3) is 0 Å². The quantitative estimate of drug-likeness (QED) is 0.598. The fourth-order valence-electron chi connectivity index (χ4n) is 1.62. The summed E-state index contributed by atoms with van der Waals surface area (Å²) in [5, 5.41) is 11.2. The first-order valence-electron chi connectivity index (χ1n) is 5.35. The molecule has 1 aromatic rings. The van der Waals surface area contributed by atoms with Crippen LogP contribution in [0.1, 0.15) is 0 Å². The Morgan fingerprint density at radius 1 is 1.62 bits per heavy atom. The molecule has 0 saturated carbocycles. The average molecular weight is 284 g/mol. The maximum absolute atomic E-state index is 4.97. The second-order valence-corrected chi connectivity index (χ2v) is 5.86. The van der Waals surface area contributed by atoms with E-state index < -0.39 is 0 Å². The van der Waals surface area contributed by atoms with E-state index in [1.165, 1.54) is 0 Å². The first kappa shape index (κ1) is 11.7. The van der Waals surface area contributed by atoms with E-state index in [-0.39, 0.29) is 0 Å². The number of ether oxygens (including phenoxy) is 1. The first-order valence-corrected chi connectivity index (χ1v) is 6.75. The summed E-state index contributed by atoms with van der Waals surface area (Å²) in [5.41, 5.74) is 1.16. The fourth-order valence-corrected chi connectivity index (χ4v) is 2.69. The molecule has 0 bridgehead atoms.